The summed E-state index contributed by atoms with van der Waals surface area (Å²) >= 11 is 1.43. The van der Waals surface area contributed by atoms with E-state index in [0.717, 1.165) is 4.88 Å². The molecular formula is C15H21NO3S. The minimum absolute atomic E-state index is 0.0576. The molecule has 0 unspecified atom stereocenters. The van der Waals surface area contributed by atoms with Gasteiger partial charge in [-0.3, -0.25) is 4.79 Å². The second-order valence-electron chi connectivity index (χ2n) is 4.70. The summed E-state index contributed by atoms with van der Waals surface area (Å²) in [6.45, 7) is 5.97. The second kappa shape index (κ2) is 9.54. The SMILES string of the molecule is CC(C)COCCNC(=O)c1csc(C#CCCO)c1. The van der Waals surface area contributed by atoms with Gasteiger partial charge in [-0.2, -0.15) is 0 Å². The van der Waals surface area contributed by atoms with Gasteiger partial charge in [0.1, 0.15) is 0 Å². The number of hydrogen-bond acceptors (Lipinski definition) is 4. The molecule has 0 saturated carbocycles. The van der Waals surface area contributed by atoms with Gasteiger partial charge in [-0.05, 0) is 12.0 Å². The first-order valence-electron chi connectivity index (χ1n) is 6.67. The zero-order chi connectivity index (χ0) is 14.8. The van der Waals surface area contributed by atoms with Crippen LogP contribution in [0.4, 0.5) is 0 Å². The number of nitrogens with one attached hydrogen (secondary N) is 1. The van der Waals surface area contributed by atoms with Crippen molar-refractivity contribution in [1.29, 1.82) is 0 Å². The van der Waals surface area contributed by atoms with Gasteiger partial charge in [-0.1, -0.05) is 25.7 Å². The first kappa shape index (κ1) is 16.7. The van der Waals surface area contributed by atoms with E-state index in [1.54, 1.807) is 11.4 Å². The number of amides is 1. The van der Waals surface area contributed by atoms with Crippen molar-refractivity contribution in [2.45, 2.75) is 20.3 Å². The van der Waals surface area contributed by atoms with Crippen LogP contribution < -0.4 is 5.32 Å². The fraction of sp³-hybridized carbons (Fsp3) is 0.533. The van der Waals surface area contributed by atoms with Crippen molar-refractivity contribution in [3.8, 4) is 11.8 Å². The Bertz CT molecular complexity index is 471. The van der Waals surface area contributed by atoms with Crippen LogP contribution >= 0.6 is 11.3 Å². The average Bonchev–Trinajstić information content (AvgIpc) is 2.87. The van der Waals surface area contributed by atoms with Crippen molar-refractivity contribution in [2.75, 3.05) is 26.4 Å². The molecule has 0 aliphatic carbocycles. The average molecular weight is 295 g/mol. The molecule has 0 aromatic carbocycles. The van der Waals surface area contributed by atoms with Crippen LogP contribution in [0.2, 0.25) is 0 Å². The summed E-state index contributed by atoms with van der Waals surface area (Å²) in [5, 5.41) is 13.2. The van der Waals surface area contributed by atoms with E-state index >= 15 is 0 Å². The molecule has 4 nitrogen and oxygen atoms in total. The van der Waals surface area contributed by atoms with Gasteiger partial charge in [0.25, 0.3) is 5.91 Å². The van der Waals surface area contributed by atoms with Crippen molar-refractivity contribution < 1.29 is 14.6 Å². The first-order chi connectivity index (χ1) is 9.63. The molecule has 1 amide bonds. The van der Waals surface area contributed by atoms with Gasteiger partial charge < -0.3 is 15.2 Å². The predicted molar refractivity (Wildman–Crippen MR) is 80.9 cm³/mol. The Balaban J connectivity index is 2.32. The van der Waals surface area contributed by atoms with Gasteiger partial charge in [0.05, 0.1) is 23.7 Å². The van der Waals surface area contributed by atoms with E-state index in [9.17, 15) is 4.79 Å². The third-order valence-electron chi connectivity index (χ3n) is 2.29. The number of aliphatic hydroxyl groups is 1. The number of carbonyl (C=O) groups excluding carboxylic acids is 1. The second-order valence-corrected chi connectivity index (χ2v) is 5.61. The van der Waals surface area contributed by atoms with Crippen molar-refractivity contribution in [2.24, 2.45) is 5.92 Å². The van der Waals surface area contributed by atoms with E-state index in [1.165, 1.54) is 11.3 Å². The molecule has 0 fully saturated rings. The standard InChI is InChI=1S/C15H21NO3S/c1-12(2)10-19-8-6-16-15(18)13-9-14(20-11-13)5-3-4-7-17/h9,11-12,17H,4,6-8,10H2,1-2H3,(H,16,18). The molecule has 110 valence electrons. The topological polar surface area (TPSA) is 58.6 Å². The lowest BCUT2D eigenvalue weighted by molar-refractivity contribution is 0.0886. The Hall–Kier alpha value is -1.35. The van der Waals surface area contributed by atoms with Gasteiger partial charge in [0, 0.05) is 25.0 Å². The number of rotatable bonds is 7. The molecule has 1 heterocycles. The monoisotopic (exact) mass is 295 g/mol. The number of carbonyl (C=O) groups is 1. The lowest BCUT2D eigenvalue weighted by atomic mass is 10.2. The molecule has 1 aromatic rings. The van der Waals surface area contributed by atoms with Gasteiger partial charge in [-0.15, -0.1) is 11.3 Å². The quantitative estimate of drug-likeness (QED) is 0.596. The molecule has 20 heavy (non-hydrogen) atoms. The summed E-state index contributed by atoms with van der Waals surface area (Å²) < 4.78 is 5.39. The summed E-state index contributed by atoms with van der Waals surface area (Å²) in [6.07, 6.45) is 0.451. The van der Waals surface area contributed by atoms with Crippen molar-refractivity contribution in [3.63, 3.8) is 0 Å². The van der Waals surface area contributed by atoms with Gasteiger partial charge in [0.15, 0.2) is 0 Å². The fourth-order valence-corrected chi connectivity index (χ4v) is 2.14. The maximum atomic E-state index is 11.8. The molecule has 1 rings (SSSR count). The predicted octanol–water partition coefficient (Wildman–Crippen LogP) is 1.88. The van der Waals surface area contributed by atoms with Crippen molar-refractivity contribution in [3.05, 3.63) is 21.9 Å². The highest BCUT2D eigenvalue weighted by molar-refractivity contribution is 7.10. The minimum Gasteiger partial charge on any atom is -0.395 e. The number of hydrogen-bond donors (Lipinski definition) is 2. The summed E-state index contributed by atoms with van der Waals surface area (Å²) in [6, 6.07) is 1.76. The van der Waals surface area contributed by atoms with E-state index in [0.29, 0.717) is 37.7 Å². The summed E-state index contributed by atoms with van der Waals surface area (Å²) in [4.78, 5) is 12.7. The zero-order valence-corrected chi connectivity index (χ0v) is 12.8. The van der Waals surface area contributed by atoms with Crippen LogP contribution in [0.5, 0.6) is 0 Å². The van der Waals surface area contributed by atoms with Crippen LogP contribution in [0.15, 0.2) is 11.4 Å². The molecule has 5 heteroatoms. The van der Waals surface area contributed by atoms with Gasteiger partial charge in [0.2, 0.25) is 0 Å². The van der Waals surface area contributed by atoms with Crippen LogP contribution in [-0.4, -0.2) is 37.4 Å². The van der Waals surface area contributed by atoms with Crippen molar-refractivity contribution in [1.82, 2.24) is 5.32 Å². The number of thiophene rings is 1. The lowest BCUT2D eigenvalue weighted by Crippen LogP contribution is -2.27. The first-order valence-corrected chi connectivity index (χ1v) is 7.55. The molecule has 0 saturated heterocycles. The third-order valence-corrected chi connectivity index (χ3v) is 3.14. The van der Waals surface area contributed by atoms with Gasteiger partial charge in [-0.25, -0.2) is 0 Å². The van der Waals surface area contributed by atoms with Crippen molar-refractivity contribution >= 4 is 17.2 Å². The molecule has 0 aliphatic rings. The molecule has 0 aliphatic heterocycles. The maximum absolute atomic E-state index is 11.8. The lowest BCUT2D eigenvalue weighted by Gasteiger charge is -2.07. The van der Waals surface area contributed by atoms with E-state index in [1.807, 2.05) is 0 Å². The summed E-state index contributed by atoms with van der Waals surface area (Å²) in [5.41, 5.74) is 0.618. The minimum atomic E-state index is -0.107. The van der Waals surface area contributed by atoms with Crippen LogP contribution in [0, 0.1) is 17.8 Å². The summed E-state index contributed by atoms with van der Waals surface area (Å²) in [5.74, 6) is 6.14. The Kier molecular flexibility index (Phi) is 7.97. The highest BCUT2D eigenvalue weighted by Crippen LogP contribution is 2.13. The Morgan fingerprint density at radius 1 is 1.55 bits per heavy atom. The van der Waals surface area contributed by atoms with E-state index in [4.69, 9.17) is 9.84 Å². The zero-order valence-electron chi connectivity index (χ0n) is 11.9. The fourth-order valence-electron chi connectivity index (χ4n) is 1.38. The number of aliphatic hydroxyl groups excluding tert-OH is 1. The third kappa shape index (κ3) is 6.71. The van der Waals surface area contributed by atoms with Crippen LogP contribution in [0.3, 0.4) is 0 Å². The Morgan fingerprint density at radius 3 is 3.05 bits per heavy atom. The Labute approximate surface area is 124 Å². The van der Waals surface area contributed by atoms with Crippen LogP contribution in [0.1, 0.15) is 35.5 Å². The molecule has 0 radical (unpaired) electrons. The highest BCUT2D eigenvalue weighted by Gasteiger charge is 2.07. The highest BCUT2D eigenvalue weighted by atomic mass is 32.1. The number of ether oxygens (including phenoxy) is 1. The van der Waals surface area contributed by atoms with E-state index in [2.05, 4.69) is 31.0 Å². The van der Waals surface area contributed by atoms with Crippen LogP contribution in [0.25, 0.3) is 0 Å². The largest absolute Gasteiger partial charge is 0.395 e. The summed E-state index contributed by atoms with van der Waals surface area (Å²) in [7, 11) is 0. The molecule has 0 spiro atoms. The normalized spacial score (nSPS) is 10.2. The molecule has 1 aromatic heterocycles. The molecule has 0 atom stereocenters. The van der Waals surface area contributed by atoms with Gasteiger partial charge >= 0.3 is 0 Å². The maximum Gasteiger partial charge on any atom is 0.252 e. The molecule has 0 bridgehead atoms. The van der Waals surface area contributed by atoms with E-state index < -0.39 is 0 Å². The molecule has 2 N–H and O–H groups in total. The molecular weight excluding hydrogens is 274 g/mol. The van der Waals surface area contributed by atoms with Crippen LogP contribution in [-0.2, 0) is 4.74 Å². The smallest absolute Gasteiger partial charge is 0.252 e. The van der Waals surface area contributed by atoms with E-state index in [-0.39, 0.29) is 12.5 Å². The Morgan fingerprint density at radius 2 is 2.35 bits per heavy atom.